The lowest BCUT2D eigenvalue weighted by atomic mass is 9.85. The maximum atomic E-state index is 12.9. The van der Waals surface area contributed by atoms with Gasteiger partial charge in [-0.3, -0.25) is 4.79 Å². The largest absolute Gasteiger partial charge is 0.486 e. The molecule has 1 fully saturated rings. The van der Waals surface area contributed by atoms with Crippen molar-refractivity contribution >= 4 is 17.5 Å². The van der Waals surface area contributed by atoms with E-state index in [0.29, 0.717) is 48.1 Å². The van der Waals surface area contributed by atoms with E-state index >= 15 is 0 Å². The maximum Gasteiger partial charge on any atom is 0.391 e. The minimum Gasteiger partial charge on any atom is -0.486 e. The van der Waals surface area contributed by atoms with Gasteiger partial charge >= 0.3 is 6.18 Å². The van der Waals surface area contributed by atoms with Gasteiger partial charge in [0.25, 0.3) is 0 Å². The molecule has 0 radical (unpaired) electrons. The van der Waals surface area contributed by atoms with E-state index < -0.39 is 18.1 Å². The van der Waals surface area contributed by atoms with Gasteiger partial charge in [0, 0.05) is 6.04 Å². The predicted octanol–water partition coefficient (Wildman–Crippen LogP) is 3.89. The monoisotopic (exact) mass is 377 g/mol. The van der Waals surface area contributed by atoms with Gasteiger partial charge in [-0.15, -0.1) is 0 Å². The van der Waals surface area contributed by atoms with Crippen LogP contribution in [0.4, 0.5) is 13.2 Å². The van der Waals surface area contributed by atoms with Gasteiger partial charge in [0.1, 0.15) is 13.2 Å². The number of rotatable bonds is 3. The smallest absolute Gasteiger partial charge is 0.391 e. The molecule has 25 heavy (non-hydrogen) atoms. The highest BCUT2D eigenvalue weighted by atomic mass is 35.5. The molecule has 1 aromatic carbocycles. The van der Waals surface area contributed by atoms with Crippen LogP contribution in [0.1, 0.15) is 31.2 Å². The third kappa shape index (κ3) is 4.51. The maximum absolute atomic E-state index is 12.9. The molecular formula is C17H19ClF3NO3. The molecule has 0 aromatic heterocycles. The number of halogens is 4. The Morgan fingerprint density at radius 3 is 2.76 bits per heavy atom. The fraction of sp³-hybridized carbons (Fsp3) is 0.588. The standard InChI is InChI=1S/C17H19ClF3NO3/c18-13-6-10(7-14-16(13)25-5-4-24-14)8-15(23)22-12-3-1-2-11(9-12)17(19,20)21/h6-7,11-12H,1-5,8-9H2,(H,22,23). The topological polar surface area (TPSA) is 47.6 Å². The number of ether oxygens (including phenoxy) is 2. The summed E-state index contributed by atoms with van der Waals surface area (Å²) in [6, 6.07) is 2.86. The number of carbonyl (C=O) groups is 1. The molecule has 0 spiro atoms. The molecule has 1 saturated carbocycles. The van der Waals surface area contributed by atoms with Crippen molar-refractivity contribution in [1.29, 1.82) is 0 Å². The van der Waals surface area contributed by atoms with Crippen molar-refractivity contribution in [1.82, 2.24) is 5.32 Å². The number of amides is 1. The molecule has 1 amide bonds. The summed E-state index contributed by atoms with van der Waals surface area (Å²) >= 11 is 6.13. The first kappa shape index (κ1) is 18.2. The zero-order valence-electron chi connectivity index (χ0n) is 13.5. The Bertz CT molecular complexity index is 651. The normalized spacial score (nSPS) is 23.2. The lowest BCUT2D eigenvalue weighted by molar-refractivity contribution is -0.184. The number of carbonyl (C=O) groups excluding carboxylic acids is 1. The summed E-state index contributed by atoms with van der Waals surface area (Å²) in [6.45, 7) is 0.814. The van der Waals surface area contributed by atoms with Gasteiger partial charge in [-0.25, -0.2) is 0 Å². The fourth-order valence-corrected chi connectivity index (χ4v) is 3.64. The van der Waals surface area contributed by atoms with E-state index in [2.05, 4.69) is 5.32 Å². The Kier molecular flexibility index (Phi) is 5.32. The number of alkyl halides is 3. The van der Waals surface area contributed by atoms with Gasteiger partial charge in [-0.2, -0.15) is 13.2 Å². The third-order valence-corrected chi connectivity index (χ3v) is 4.80. The minimum absolute atomic E-state index is 0.0313. The molecule has 4 nitrogen and oxygen atoms in total. The molecule has 2 atom stereocenters. The highest BCUT2D eigenvalue weighted by Gasteiger charge is 2.42. The SMILES string of the molecule is O=C(Cc1cc(Cl)c2c(c1)OCCO2)NC1CCCC(C(F)(F)F)C1. The van der Waals surface area contributed by atoms with Gasteiger partial charge in [0.15, 0.2) is 11.5 Å². The molecule has 0 bridgehead atoms. The van der Waals surface area contributed by atoms with Crippen LogP contribution in [0.3, 0.4) is 0 Å². The van der Waals surface area contributed by atoms with Gasteiger partial charge in [0.05, 0.1) is 17.4 Å². The Labute approximate surface area is 148 Å². The van der Waals surface area contributed by atoms with E-state index in [-0.39, 0.29) is 25.2 Å². The molecule has 1 aliphatic carbocycles. The lowest BCUT2D eigenvalue weighted by Gasteiger charge is -2.31. The molecule has 1 aliphatic heterocycles. The van der Waals surface area contributed by atoms with E-state index in [1.54, 1.807) is 12.1 Å². The average Bonchev–Trinajstić information content (AvgIpc) is 2.54. The molecule has 1 aromatic rings. The summed E-state index contributed by atoms with van der Waals surface area (Å²) in [5.41, 5.74) is 0.634. The Morgan fingerprint density at radius 1 is 1.24 bits per heavy atom. The Morgan fingerprint density at radius 2 is 2.00 bits per heavy atom. The van der Waals surface area contributed by atoms with Crippen LogP contribution >= 0.6 is 11.6 Å². The van der Waals surface area contributed by atoms with Crippen LogP contribution < -0.4 is 14.8 Å². The third-order valence-electron chi connectivity index (χ3n) is 4.52. The van der Waals surface area contributed by atoms with Crippen molar-refractivity contribution in [3.8, 4) is 11.5 Å². The predicted molar refractivity (Wildman–Crippen MR) is 86.1 cm³/mol. The van der Waals surface area contributed by atoms with E-state index in [1.165, 1.54) is 0 Å². The van der Waals surface area contributed by atoms with Crippen LogP contribution in [-0.4, -0.2) is 31.3 Å². The van der Waals surface area contributed by atoms with Crippen molar-refractivity contribution in [2.45, 2.75) is 44.3 Å². The van der Waals surface area contributed by atoms with Crippen LogP contribution in [-0.2, 0) is 11.2 Å². The molecule has 1 N–H and O–H groups in total. The highest BCUT2D eigenvalue weighted by Crippen LogP contribution is 2.39. The fourth-order valence-electron chi connectivity index (χ4n) is 3.35. The first-order valence-electron chi connectivity index (χ1n) is 8.27. The molecule has 2 unspecified atom stereocenters. The van der Waals surface area contributed by atoms with Gasteiger partial charge in [-0.05, 0) is 37.0 Å². The lowest BCUT2D eigenvalue weighted by Crippen LogP contribution is -2.42. The van der Waals surface area contributed by atoms with Crippen LogP contribution in [0, 0.1) is 5.92 Å². The van der Waals surface area contributed by atoms with Crippen molar-refractivity contribution in [3.63, 3.8) is 0 Å². The first-order valence-corrected chi connectivity index (χ1v) is 8.65. The average molecular weight is 378 g/mol. The zero-order valence-corrected chi connectivity index (χ0v) is 14.3. The van der Waals surface area contributed by atoms with Gasteiger partial charge < -0.3 is 14.8 Å². The van der Waals surface area contributed by atoms with Gasteiger partial charge in [-0.1, -0.05) is 18.0 Å². The summed E-state index contributed by atoms with van der Waals surface area (Å²) in [7, 11) is 0. The molecule has 138 valence electrons. The summed E-state index contributed by atoms with van der Waals surface area (Å²) in [5.74, 6) is -0.718. The zero-order chi connectivity index (χ0) is 18.0. The van der Waals surface area contributed by atoms with E-state index in [9.17, 15) is 18.0 Å². The van der Waals surface area contributed by atoms with Gasteiger partial charge in [0.2, 0.25) is 5.91 Å². The molecule has 2 aliphatic rings. The highest BCUT2D eigenvalue weighted by molar-refractivity contribution is 6.32. The first-order chi connectivity index (χ1) is 11.8. The molecular weight excluding hydrogens is 359 g/mol. The quantitative estimate of drug-likeness (QED) is 0.869. The summed E-state index contributed by atoms with van der Waals surface area (Å²) in [4.78, 5) is 12.2. The Hall–Kier alpha value is -1.63. The second-order valence-electron chi connectivity index (χ2n) is 6.45. The molecule has 1 heterocycles. The minimum atomic E-state index is -4.20. The number of hydrogen-bond donors (Lipinski definition) is 1. The molecule has 0 saturated heterocycles. The van der Waals surface area contributed by atoms with Crippen LogP contribution in [0.5, 0.6) is 11.5 Å². The van der Waals surface area contributed by atoms with Crippen molar-refractivity contribution in [3.05, 3.63) is 22.7 Å². The van der Waals surface area contributed by atoms with E-state index in [1.807, 2.05) is 0 Å². The van der Waals surface area contributed by atoms with E-state index in [0.717, 1.165) is 0 Å². The molecule has 8 heteroatoms. The van der Waals surface area contributed by atoms with Crippen molar-refractivity contribution < 1.29 is 27.4 Å². The van der Waals surface area contributed by atoms with Crippen LogP contribution in [0.25, 0.3) is 0 Å². The van der Waals surface area contributed by atoms with Crippen LogP contribution in [0.15, 0.2) is 12.1 Å². The number of benzene rings is 1. The van der Waals surface area contributed by atoms with E-state index in [4.69, 9.17) is 21.1 Å². The van der Waals surface area contributed by atoms with Crippen LogP contribution in [0.2, 0.25) is 5.02 Å². The summed E-state index contributed by atoms with van der Waals surface area (Å²) < 4.78 is 49.4. The second kappa shape index (κ2) is 7.32. The summed E-state index contributed by atoms with van der Waals surface area (Å²) in [6.07, 6.45) is -3.06. The summed E-state index contributed by atoms with van der Waals surface area (Å²) in [5, 5.41) is 3.07. The molecule has 3 rings (SSSR count). The van der Waals surface area contributed by atoms with Crippen molar-refractivity contribution in [2.24, 2.45) is 5.92 Å². The van der Waals surface area contributed by atoms with Crippen molar-refractivity contribution in [2.75, 3.05) is 13.2 Å². The number of nitrogens with one attached hydrogen (secondary N) is 1. The number of hydrogen-bond acceptors (Lipinski definition) is 3. The number of fused-ring (bicyclic) bond motifs is 1. The Balaban J connectivity index is 1.60. The second-order valence-corrected chi connectivity index (χ2v) is 6.86.